The Labute approximate surface area is 68.6 Å². The van der Waals surface area contributed by atoms with Gasteiger partial charge in [-0.25, -0.2) is 0 Å². The highest BCUT2D eigenvalue weighted by Gasteiger charge is 2.37. The molecule has 1 aliphatic rings. The minimum Gasteiger partial charge on any atom is -0.374 e. The van der Waals surface area contributed by atoms with Gasteiger partial charge in [-0.1, -0.05) is 10.2 Å². The van der Waals surface area contributed by atoms with Crippen LogP contribution in [0.3, 0.4) is 0 Å². The van der Waals surface area contributed by atoms with Gasteiger partial charge in [0.15, 0.2) is 0 Å². The molecule has 0 saturated carbocycles. The SMILES string of the molecule is [N-]=[N+]=NCC1(CN=[N+]=[N-])[CH]OC1. The summed E-state index contributed by atoms with van der Waals surface area (Å²) in [6.07, 6.45) is 0. The van der Waals surface area contributed by atoms with Gasteiger partial charge in [-0.15, -0.1) is 0 Å². The summed E-state index contributed by atoms with van der Waals surface area (Å²) in [5.41, 5.74) is 15.8. The van der Waals surface area contributed by atoms with E-state index in [4.69, 9.17) is 15.8 Å². The summed E-state index contributed by atoms with van der Waals surface area (Å²) in [6, 6.07) is 0. The van der Waals surface area contributed by atoms with Crippen molar-refractivity contribution in [3.8, 4) is 0 Å². The molecule has 7 heteroatoms. The second-order valence-corrected chi connectivity index (χ2v) is 2.57. The lowest BCUT2D eigenvalue weighted by Gasteiger charge is -2.38. The molecule has 0 amide bonds. The first-order valence-electron chi connectivity index (χ1n) is 3.31. The van der Waals surface area contributed by atoms with Gasteiger partial charge in [0.1, 0.15) is 0 Å². The zero-order valence-corrected chi connectivity index (χ0v) is 6.29. The molecule has 1 radical (unpaired) electrons. The molecular formula is C5H7N6O. The molecule has 0 aliphatic carbocycles. The molecule has 0 unspecified atom stereocenters. The Bertz CT molecular complexity index is 225. The van der Waals surface area contributed by atoms with Crippen LogP contribution in [0.4, 0.5) is 0 Å². The number of hydrogen-bond donors (Lipinski definition) is 0. The molecule has 7 nitrogen and oxygen atoms in total. The monoisotopic (exact) mass is 167 g/mol. The summed E-state index contributed by atoms with van der Waals surface area (Å²) in [5.74, 6) is 0. The van der Waals surface area contributed by atoms with E-state index < -0.39 is 0 Å². The molecule has 1 rings (SSSR count). The number of rotatable bonds is 4. The first-order chi connectivity index (χ1) is 5.83. The summed E-state index contributed by atoms with van der Waals surface area (Å²) in [7, 11) is 0. The van der Waals surface area contributed by atoms with Crippen molar-refractivity contribution in [2.45, 2.75) is 0 Å². The summed E-state index contributed by atoms with van der Waals surface area (Å²) < 4.78 is 4.84. The molecular weight excluding hydrogens is 160 g/mol. The highest BCUT2D eigenvalue weighted by atomic mass is 16.5. The summed E-state index contributed by atoms with van der Waals surface area (Å²) in [6.45, 7) is 2.56. The Morgan fingerprint density at radius 2 is 1.83 bits per heavy atom. The number of nitrogens with zero attached hydrogens (tertiary/aromatic N) is 6. The van der Waals surface area contributed by atoms with Crippen LogP contribution >= 0.6 is 0 Å². The first kappa shape index (κ1) is 8.67. The molecule has 1 heterocycles. The first-order valence-corrected chi connectivity index (χ1v) is 3.31. The van der Waals surface area contributed by atoms with E-state index in [9.17, 15) is 0 Å². The third kappa shape index (κ3) is 1.79. The Kier molecular flexibility index (Phi) is 2.76. The molecule has 0 aromatic rings. The summed E-state index contributed by atoms with van der Waals surface area (Å²) >= 11 is 0. The molecule has 63 valence electrons. The molecule has 1 aliphatic heterocycles. The van der Waals surface area contributed by atoms with Crippen molar-refractivity contribution >= 4 is 0 Å². The van der Waals surface area contributed by atoms with Gasteiger partial charge in [-0.05, 0) is 11.1 Å². The molecule has 0 bridgehead atoms. The fraction of sp³-hybridized carbons (Fsp3) is 0.800. The van der Waals surface area contributed by atoms with Crippen LogP contribution in [0, 0.1) is 12.0 Å². The van der Waals surface area contributed by atoms with Gasteiger partial charge in [-0.3, -0.25) is 0 Å². The highest BCUT2D eigenvalue weighted by molar-refractivity contribution is 4.98. The quantitative estimate of drug-likeness (QED) is 0.355. The van der Waals surface area contributed by atoms with Crippen LogP contribution in [-0.4, -0.2) is 19.7 Å². The largest absolute Gasteiger partial charge is 0.374 e. The van der Waals surface area contributed by atoms with Gasteiger partial charge in [0, 0.05) is 28.3 Å². The van der Waals surface area contributed by atoms with Crippen LogP contribution in [0.1, 0.15) is 0 Å². The summed E-state index contributed by atoms with van der Waals surface area (Å²) in [5, 5.41) is 6.81. The molecule has 0 N–H and O–H groups in total. The second kappa shape index (κ2) is 3.82. The Morgan fingerprint density at radius 3 is 2.08 bits per heavy atom. The lowest BCUT2D eigenvalue weighted by atomic mass is 9.86. The highest BCUT2D eigenvalue weighted by Crippen LogP contribution is 2.32. The lowest BCUT2D eigenvalue weighted by Crippen LogP contribution is -2.43. The minimum absolute atomic E-state index is 0.280. The van der Waals surface area contributed by atoms with Gasteiger partial charge >= 0.3 is 0 Å². The topological polar surface area (TPSA) is 107 Å². The second-order valence-electron chi connectivity index (χ2n) is 2.57. The third-order valence-electron chi connectivity index (χ3n) is 1.60. The maximum absolute atomic E-state index is 8.07. The predicted molar refractivity (Wildman–Crippen MR) is 40.7 cm³/mol. The van der Waals surface area contributed by atoms with E-state index in [2.05, 4.69) is 20.1 Å². The predicted octanol–water partition coefficient (Wildman–Crippen LogP) is 1.79. The maximum atomic E-state index is 8.07. The van der Waals surface area contributed by atoms with Gasteiger partial charge in [-0.2, -0.15) is 0 Å². The minimum atomic E-state index is -0.363. The van der Waals surface area contributed by atoms with Crippen molar-refractivity contribution in [3.05, 3.63) is 27.5 Å². The number of hydrogen-bond acceptors (Lipinski definition) is 3. The summed E-state index contributed by atoms with van der Waals surface area (Å²) in [4.78, 5) is 5.25. The Morgan fingerprint density at radius 1 is 1.33 bits per heavy atom. The molecule has 1 saturated heterocycles. The van der Waals surface area contributed by atoms with Gasteiger partial charge in [0.25, 0.3) is 0 Å². The van der Waals surface area contributed by atoms with Crippen molar-refractivity contribution in [3.63, 3.8) is 0 Å². The normalized spacial score (nSPS) is 18.3. The van der Waals surface area contributed by atoms with Crippen molar-refractivity contribution in [2.75, 3.05) is 19.7 Å². The van der Waals surface area contributed by atoms with Crippen LogP contribution in [0.5, 0.6) is 0 Å². The zero-order valence-electron chi connectivity index (χ0n) is 6.29. The maximum Gasteiger partial charge on any atom is 0.0924 e. The van der Waals surface area contributed by atoms with Crippen molar-refractivity contribution in [1.29, 1.82) is 0 Å². The molecule has 0 atom stereocenters. The average molecular weight is 167 g/mol. The van der Waals surface area contributed by atoms with Gasteiger partial charge in [0.05, 0.1) is 13.2 Å². The molecule has 1 fully saturated rings. The van der Waals surface area contributed by atoms with Gasteiger partial charge < -0.3 is 4.74 Å². The van der Waals surface area contributed by atoms with E-state index in [1.165, 1.54) is 0 Å². The molecule has 0 aromatic heterocycles. The van der Waals surface area contributed by atoms with E-state index >= 15 is 0 Å². The van der Waals surface area contributed by atoms with Crippen LogP contribution in [-0.2, 0) is 4.74 Å². The van der Waals surface area contributed by atoms with Crippen molar-refractivity contribution < 1.29 is 4.74 Å². The van der Waals surface area contributed by atoms with E-state index in [0.717, 1.165) is 0 Å². The van der Waals surface area contributed by atoms with Crippen molar-refractivity contribution in [1.82, 2.24) is 0 Å². The Balaban J connectivity index is 2.49. The van der Waals surface area contributed by atoms with E-state index in [-0.39, 0.29) is 18.5 Å². The lowest BCUT2D eigenvalue weighted by molar-refractivity contribution is -0.0361. The standard InChI is InChI=1S/C5H7N6O/c6-10-8-1-5(2-9-11-7)3-12-4-5/h3H,1-2,4H2. The van der Waals surface area contributed by atoms with Crippen LogP contribution in [0.15, 0.2) is 10.2 Å². The van der Waals surface area contributed by atoms with Crippen LogP contribution in [0.25, 0.3) is 20.9 Å². The molecule has 0 aromatic carbocycles. The zero-order chi connectivity index (χ0) is 8.86. The average Bonchev–Trinajstić information content (AvgIpc) is 2.02. The van der Waals surface area contributed by atoms with Crippen LogP contribution in [0.2, 0.25) is 0 Å². The molecule has 12 heavy (non-hydrogen) atoms. The van der Waals surface area contributed by atoms with E-state index in [1.807, 2.05) is 0 Å². The van der Waals surface area contributed by atoms with Crippen LogP contribution < -0.4 is 0 Å². The Hall–Kier alpha value is -1.42. The number of azide groups is 2. The van der Waals surface area contributed by atoms with E-state index in [1.54, 1.807) is 6.61 Å². The fourth-order valence-corrected chi connectivity index (χ4v) is 0.880. The number of ether oxygens (including phenoxy) is 1. The smallest absolute Gasteiger partial charge is 0.0924 e. The molecule has 0 spiro atoms. The fourth-order valence-electron chi connectivity index (χ4n) is 0.880. The third-order valence-corrected chi connectivity index (χ3v) is 1.60. The van der Waals surface area contributed by atoms with E-state index in [0.29, 0.717) is 6.61 Å². The van der Waals surface area contributed by atoms with Crippen molar-refractivity contribution in [2.24, 2.45) is 15.6 Å². The van der Waals surface area contributed by atoms with Gasteiger partial charge in [0.2, 0.25) is 0 Å².